The zero-order valence-electron chi connectivity index (χ0n) is 15.9. The van der Waals surface area contributed by atoms with Gasteiger partial charge in [0.15, 0.2) is 5.96 Å². The second-order valence-electron chi connectivity index (χ2n) is 7.48. The van der Waals surface area contributed by atoms with Crippen LogP contribution in [0.2, 0.25) is 0 Å². The summed E-state index contributed by atoms with van der Waals surface area (Å²) in [6.07, 6.45) is 6.74. The molecule has 0 saturated carbocycles. The van der Waals surface area contributed by atoms with Crippen molar-refractivity contribution in [3.63, 3.8) is 0 Å². The molecule has 2 aliphatic rings. The highest BCUT2D eigenvalue weighted by Crippen LogP contribution is 2.36. The predicted molar refractivity (Wildman–Crippen MR) is 107 cm³/mol. The first kappa shape index (κ1) is 20.4. The molecule has 2 rings (SSSR count). The summed E-state index contributed by atoms with van der Waals surface area (Å²) < 4.78 is 0.356. The summed E-state index contributed by atoms with van der Waals surface area (Å²) in [6.45, 7) is 7.37. The van der Waals surface area contributed by atoms with E-state index >= 15 is 0 Å². The van der Waals surface area contributed by atoms with Gasteiger partial charge < -0.3 is 21.3 Å². The highest BCUT2D eigenvalue weighted by atomic mass is 32.2. The fourth-order valence-electron chi connectivity index (χ4n) is 3.58. The molecule has 1 amide bonds. The number of hydrogen-bond donors (Lipinski definition) is 3. The van der Waals surface area contributed by atoms with E-state index in [1.165, 1.54) is 25.0 Å². The monoisotopic (exact) mass is 369 g/mol. The Balaban J connectivity index is 1.52. The Morgan fingerprint density at radius 3 is 2.68 bits per heavy atom. The maximum Gasteiger partial charge on any atom is 0.220 e. The maximum atomic E-state index is 11.2. The normalized spacial score (nSPS) is 25.9. The van der Waals surface area contributed by atoms with Crippen molar-refractivity contribution in [3.05, 3.63) is 0 Å². The standard InChI is InChI=1S/C18H35N5OS/c1-18(8-5-13-25-18)14-22-17(20-2)21-9-3-4-10-23-11-6-15(7-12-23)16(19)24/h15H,3-14H2,1-2H3,(H2,19,24)(H2,20,21,22). The van der Waals surface area contributed by atoms with Crippen LogP contribution in [0.5, 0.6) is 0 Å². The van der Waals surface area contributed by atoms with Crippen LogP contribution in [0.25, 0.3) is 0 Å². The average molecular weight is 370 g/mol. The van der Waals surface area contributed by atoms with Crippen LogP contribution in [-0.4, -0.2) is 67.0 Å². The number of nitrogens with one attached hydrogen (secondary N) is 2. The maximum absolute atomic E-state index is 11.2. The van der Waals surface area contributed by atoms with E-state index in [1.54, 1.807) is 0 Å². The second kappa shape index (κ2) is 10.3. The number of nitrogens with zero attached hydrogens (tertiary/aromatic N) is 2. The molecule has 2 aliphatic heterocycles. The third kappa shape index (κ3) is 7.05. The summed E-state index contributed by atoms with van der Waals surface area (Å²) >= 11 is 2.07. The summed E-state index contributed by atoms with van der Waals surface area (Å²) in [6, 6.07) is 0. The van der Waals surface area contributed by atoms with Crippen LogP contribution in [0.3, 0.4) is 0 Å². The van der Waals surface area contributed by atoms with Gasteiger partial charge in [-0.3, -0.25) is 9.79 Å². The van der Waals surface area contributed by atoms with Gasteiger partial charge in [-0.2, -0.15) is 11.8 Å². The van der Waals surface area contributed by atoms with Crippen molar-refractivity contribution in [1.29, 1.82) is 0 Å². The third-order valence-corrected chi connectivity index (χ3v) is 6.88. The SMILES string of the molecule is CN=C(NCCCCN1CCC(C(N)=O)CC1)NCC1(C)CCCS1. The summed E-state index contributed by atoms with van der Waals surface area (Å²) in [5.74, 6) is 2.15. The number of carbonyl (C=O) groups is 1. The van der Waals surface area contributed by atoms with Crippen LogP contribution in [-0.2, 0) is 4.79 Å². The van der Waals surface area contributed by atoms with Crippen LogP contribution in [0.15, 0.2) is 4.99 Å². The molecule has 0 radical (unpaired) electrons. The predicted octanol–water partition coefficient (Wildman–Crippen LogP) is 1.41. The molecule has 0 bridgehead atoms. The number of rotatable bonds is 8. The number of piperidine rings is 1. The van der Waals surface area contributed by atoms with Crippen molar-refractivity contribution >= 4 is 23.6 Å². The number of carbonyl (C=O) groups excluding carboxylic acids is 1. The minimum absolute atomic E-state index is 0.0900. The van der Waals surface area contributed by atoms with Crippen LogP contribution in [0.4, 0.5) is 0 Å². The van der Waals surface area contributed by atoms with Crippen molar-refractivity contribution in [1.82, 2.24) is 15.5 Å². The van der Waals surface area contributed by atoms with E-state index in [4.69, 9.17) is 5.73 Å². The first-order valence-electron chi connectivity index (χ1n) is 9.62. The molecule has 25 heavy (non-hydrogen) atoms. The molecule has 4 N–H and O–H groups in total. The Bertz CT molecular complexity index is 443. The van der Waals surface area contributed by atoms with Crippen LogP contribution < -0.4 is 16.4 Å². The van der Waals surface area contributed by atoms with E-state index in [0.29, 0.717) is 4.75 Å². The summed E-state index contributed by atoms with van der Waals surface area (Å²) in [5, 5.41) is 6.89. The van der Waals surface area contributed by atoms with E-state index in [9.17, 15) is 4.79 Å². The topological polar surface area (TPSA) is 82.8 Å². The number of thioether (sulfide) groups is 1. The molecule has 1 unspecified atom stereocenters. The molecule has 1 atom stereocenters. The zero-order valence-corrected chi connectivity index (χ0v) is 16.7. The molecule has 2 heterocycles. The molecule has 0 aromatic heterocycles. The molecular formula is C18H35N5OS. The van der Waals surface area contributed by atoms with Crippen LogP contribution >= 0.6 is 11.8 Å². The lowest BCUT2D eigenvalue weighted by Crippen LogP contribution is -2.44. The Morgan fingerprint density at radius 1 is 1.32 bits per heavy atom. The van der Waals surface area contributed by atoms with Gasteiger partial charge in [-0.15, -0.1) is 0 Å². The smallest absolute Gasteiger partial charge is 0.220 e. The van der Waals surface area contributed by atoms with E-state index in [2.05, 4.69) is 39.2 Å². The zero-order chi connectivity index (χ0) is 18.1. The number of likely N-dealkylation sites (tertiary alicyclic amines) is 1. The van der Waals surface area contributed by atoms with Crippen LogP contribution in [0.1, 0.15) is 45.4 Å². The van der Waals surface area contributed by atoms with E-state index < -0.39 is 0 Å². The first-order chi connectivity index (χ1) is 12.0. The van der Waals surface area contributed by atoms with E-state index in [1.807, 2.05) is 7.05 Å². The Hall–Kier alpha value is -0.950. The number of guanidine groups is 1. The van der Waals surface area contributed by atoms with Crippen LogP contribution in [0, 0.1) is 5.92 Å². The van der Waals surface area contributed by atoms with Crippen molar-refractivity contribution in [2.75, 3.05) is 45.5 Å². The summed E-state index contributed by atoms with van der Waals surface area (Å²) in [7, 11) is 1.84. The van der Waals surface area contributed by atoms with Crippen molar-refractivity contribution < 1.29 is 4.79 Å². The third-order valence-electron chi connectivity index (χ3n) is 5.34. The van der Waals surface area contributed by atoms with Gasteiger partial charge >= 0.3 is 0 Å². The van der Waals surface area contributed by atoms with Crippen molar-refractivity contribution in [3.8, 4) is 0 Å². The van der Waals surface area contributed by atoms with Crippen molar-refractivity contribution in [2.24, 2.45) is 16.6 Å². The van der Waals surface area contributed by atoms with Gasteiger partial charge in [-0.25, -0.2) is 0 Å². The van der Waals surface area contributed by atoms with Gasteiger partial charge in [-0.1, -0.05) is 0 Å². The molecule has 0 aliphatic carbocycles. The molecule has 6 nitrogen and oxygen atoms in total. The Morgan fingerprint density at radius 2 is 2.08 bits per heavy atom. The van der Waals surface area contributed by atoms with Crippen molar-refractivity contribution in [2.45, 2.75) is 50.2 Å². The lowest BCUT2D eigenvalue weighted by molar-refractivity contribution is -0.123. The number of unbranched alkanes of at least 4 members (excludes halogenated alkanes) is 1. The minimum Gasteiger partial charge on any atom is -0.369 e. The molecule has 144 valence electrons. The number of nitrogens with two attached hydrogens (primary N) is 1. The average Bonchev–Trinajstić information content (AvgIpc) is 3.04. The molecule has 0 spiro atoms. The molecule has 2 fully saturated rings. The molecule has 0 aromatic rings. The van der Waals surface area contributed by atoms with Gasteiger partial charge in [0.2, 0.25) is 5.91 Å². The highest BCUT2D eigenvalue weighted by Gasteiger charge is 2.29. The van der Waals surface area contributed by atoms with Gasteiger partial charge in [0.25, 0.3) is 0 Å². The Labute approximate surface area is 156 Å². The largest absolute Gasteiger partial charge is 0.369 e. The van der Waals surface area contributed by atoms with E-state index in [0.717, 1.165) is 57.9 Å². The first-order valence-corrected chi connectivity index (χ1v) is 10.6. The van der Waals surface area contributed by atoms with Gasteiger partial charge in [0.05, 0.1) is 0 Å². The second-order valence-corrected chi connectivity index (χ2v) is 9.16. The number of aliphatic imine (C=N–C) groups is 1. The fraction of sp³-hybridized carbons (Fsp3) is 0.889. The molecule has 0 aromatic carbocycles. The van der Waals surface area contributed by atoms with Gasteiger partial charge in [0.1, 0.15) is 0 Å². The molecule has 7 heteroatoms. The highest BCUT2D eigenvalue weighted by molar-refractivity contribution is 8.00. The van der Waals surface area contributed by atoms with Gasteiger partial charge in [0, 0.05) is 30.8 Å². The quantitative estimate of drug-likeness (QED) is 0.342. The lowest BCUT2D eigenvalue weighted by Gasteiger charge is -2.30. The number of amides is 1. The van der Waals surface area contributed by atoms with Gasteiger partial charge in [-0.05, 0) is 70.8 Å². The summed E-state index contributed by atoms with van der Waals surface area (Å²) in [5.41, 5.74) is 5.38. The van der Waals surface area contributed by atoms with E-state index in [-0.39, 0.29) is 11.8 Å². The molecular weight excluding hydrogens is 334 g/mol. The number of primary amides is 1. The summed E-state index contributed by atoms with van der Waals surface area (Å²) in [4.78, 5) is 18.0. The lowest BCUT2D eigenvalue weighted by atomic mass is 9.96. The molecule has 2 saturated heterocycles. The Kier molecular flexibility index (Phi) is 8.36. The number of hydrogen-bond acceptors (Lipinski definition) is 4. The fourth-order valence-corrected chi connectivity index (χ4v) is 4.82. The minimum atomic E-state index is -0.132.